The molecule has 0 bridgehead atoms. The zero-order chi connectivity index (χ0) is 14.2. The van der Waals surface area contributed by atoms with E-state index in [9.17, 15) is 9.18 Å². The molecule has 1 heterocycles. The Hall–Kier alpha value is -1.62. The van der Waals surface area contributed by atoms with Crippen LogP contribution in [0.15, 0.2) is 18.2 Å². The zero-order valence-corrected chi connectivity index (χ0v) is 11.7. The van der Waals surface area contributed by atoms with Gasteiger partial charge in [0, 0.05) is 7.05 Å². The maximum atomic E-state index is 13.4. The van der Waals surface area contributed by atoms with Crippen molar-refractivity contribution in [2.75, 3.05) is 7.05 Å². The Morgan fingerprint density at radius 3 is 2.74 bits per heavy atom. The third-order valence-corrected chi connectivity index (χ3v) is 3.24. The number of hydrogen-bond donors (Lipinski definition) is 1. The van der Waals surface area contributed by atoms with E-state index >= 15 is 0 Å². The number of aromatic nitrogens is 2. The van der Waals surface area contributed by atoms with Crippen molar-refractivity contribution in [3.63, 3.8) is 0 Å². The molecule has 0 spiro atoms. The van der Waals surface area contributed by atoms with E-state index in [4.69, 9.17) is 11.6 Å². The van der Waals surface area contributed by atoms with Crippen LogP contribution in [0.4, 0.5) is 4.39 Å². The summed E-state index contributed by atoms with van der Waals surface area (Å²) in [6.07, 6.45) is 0. The van der Waals surface area contributed by atoms with Crippen LogP contribution < -0.4 is 5.32 Å². The fourth-order valence-corrected chi connectivity index (χ4v) is 2.25. The highest BCUT2D eigenvalue weighted by molar-refractivity contribution is 6.20. The summed E-state index contributed by atoms with van der Waals surface area (Å²) in [4.78, 5) is 16.2. The molecule has 0 aliphatic carbocycles. The monoisotopic (exact) mass is 283 g/mol. The molecule has 2 rings (SSSR count). The molecule has 0 saturated carbocycles. The minimum absolute atomic E-state index is 0.179. The van der Waals surface area contributed by atoms with Gasteiger partial charge in [-0.1, -0.05) is 0 Å². The van der Waals surface area contributed by atoms with Gasteiger partial charge in [-0.25, -0.2) is 9.37 Å². The normalized spacial score (nSPS) is 14.4. The van der Waals surface area contributed by atoms with E-state index in [1.807, 2.05) is 0 Å². The van der Waals surface area contributed by atoms with Gasteiger partial charge in [0.25, 0.3) is 0 Å². The predicted octanol–water partition coefficient (Wildman–Crippen LogP) is 2.78. The molecule has 2 aromatic rings. The van der Waals surface area contributed by atoms with Crippen molar-refractivity contribution >= 4 is 28.5 Å². The molecule has 19 heavy (non-hydrogen) atoms. The minimum Gasteiger partial charge on any atom is -0.357 e. The fraction of sp³-hybridized carbons (Fsp3) is 0.385. The highest BCUT2D eigenvalue weighted by Crippen LogP contribution is 2.28. The average molecular weight is 284 g/mol. The second kappa shape index (κ2) is 5.17. The van der Waals surface area contributed by atoms with Crippen molar-refractivity contribution in [1.29, 1.82) is 0 Å². The van der Waals surface area contributed by atoms with Gasteiger partial charge in [0.15, 0.2) is 0 Å². The molecule has 0 saturated heterocycles. The summed E-state index contributed by atoms with van der Waals surface area (Å²) in [5, 5.41) is 2.20. The van der Waals surface area contributed by atoms with E-state index in [0.29, 0.717) is 16.9 Å². The van der Waals surface area contributed by atoms with Gasteiger partial charge < -0.3 is 9.88 Å². The Bertz CT molecular complexity index is 624. The lowest BCUT2D eigenvalue weighted by molar-refractivity contribution is -0.123. The number of imidazole rings is 1. The van der Waals surface area contributed by atoms with Crippen LogP contribution in [-0.4, -0.2) is 22.5 Å². The van der Waals surface area contributed by atoms with Gasteiger partial charge in [-0.05, 0) is 32.0 Å². The van der Waals surface area contributed by atoms with Crippen molar-refractivity contribution in [2.45, 2.75) is 25.3 Å². The molecular formula is C13H15ClFN3O. The van der Waals surface area contributed by atoms with Crippen molar-refractivity contribution in [1.82, 2.24) is 14.9 Å². The number of nitrogens with zero attached hydrogens (tertiary/aromatic N) is 2. The number of carbonyl (C=O) groups excluding carboxylic acids is 1. The van der Waals surface area contributed by atoms with E-state index < -0.39 is 6.04 Å². The molecule has 1 amide bonds. The van der Waals surface area contributed by atoms with Crippen LogP contribution >= 0.6 is 11.6 Å². The van der Waals surface area contributed by atoms with Crippen LogP contribution in [0.2, 0.25) is 0 Å². The fourth-order valence-electron chi connectivity index (χ4n) is 2.10. The summed E-state index contributed by atoms with van der Waals surface area (Å²) in [6.45, 7) is 3.50. The van der Waals surface area contributed by atoms with E-state index in [1.165, 1.54) is 12.1 Å². The summed E-state index contributed by atoms with van der Waals surface area (Å²) in [5.74, 6) is 0.00651. The second-order valence-corrected chi connectivity index (χ2v) is 5.03. The molecule has 0 aliphatic rings. The Morgan fingerprint density at radius 2 is 2.16 bits per heavy atom. The number of alkyl halides is 1. The maximum absolute atomic E-state index is 13.4. The third kappa shape index (κ3) is 2.42. The number of benzene rings is 1. The van der Waals surface area contributed by atoms with E-state index in [-0.39, 0.29) is 17.1 Å². The van der Waals surface area contributed by atoms with Crippen molar-refractivity contribution in [3.8, 4) is 0 Å². The average Bonchev–Trinajstić information content (AvgIpc) is 2.75. The van der Waals surface area contributed by atoms with E-state index in [0.717, 1.165) is 0 Å². The van der Waals surface area contributed by atoms with Gasteiger partial charge in [0.2, 0.25) is 5.91 Å². The van der Waals surface area contributed by atoms with Crippen molar-refractivity contribution in [2.24, 2.45) is 0 Å². The number of amides is 1. The van der Waals surface area contributed by atoms with E-state index in [2.05, 4.69) is 10.3 Å². The number of hydrogen-bond acceptors (Lipinski definition) is 2. The van der Waals surface area contributed by atoms with Gasteiger partial charge in [0.05, 0.1) is 16.4 Å². The quantitative estimate of drug-likeness (QED) is 0.881. The number of fused-ring (bicyclic) bond motifs is 1. The molecular weight excluding hydrogens is 269 g/mol. The molecule has 0 radical (unpaired) electrons. The Kier molecular flexibility index (Phi) is 3.75. The Labute approximate surface area is 115 Å². The summed E-state index contributed by atoms with van der Waals surface area (Å²) in [7, 11) is 1.56. The molecule has 1 N–H and O–H groups in total. The molecule has 1 aromatic carbocycles. The largest absolute Gasteiger partial charge is 0.357 e. The molecule has 4 nitrogen and oxygen atoms in total. The highest BCUT2D eigenvalue weighted by Gasteiger charge is 2.23. The second-order valence-electron chi connectivity index (χ2n) is 4.38. The summed E-state index contributed by atoms with van der Waals surface area (Å²) in [5.41, 5.74) is 1.19. The number of nitrogens with one attached hydrogen (secondary N) is 1. The standard InChI is InChI=1S/C13H15ClFN3O/c1-7(14)12-17-10-5-4-9(15)6-11(10)18(12)8(2)13(19)16-3/h4-8H,1-3H3,(H,16,19). The first-order valence-electron chi connectivity index (χ1n) is 5.98. The number of carbonyl (C=O) groups is 1. The van der Waals surface area contributed by atoms with Crippen molar-refractivity contribution in [3.05, 3.63) is 29.8 Å². The summed E-state index contributed by atoms with van der Waals surface area (Å²) >= 11 is 6.10. The van der Waals surface area contributed by atoms with Crippen LogP contribution in [0, 0.1) is 5.82 Å². The lowest BCUT2D eigenvalue weighted by Crippen LogP contribution is -2.28. The van der Waals surface area contributed by atoms with Gasteiger partial charge in [-0.15, -0.1) is 11.6 Å². The van der Waals surface area contributed by atoms with Crippen molar-refractivity contribution < 1.29 is 9.18 Å². The number of halogens is 2. The molecule has 0 fully saturated rings. The Morgan fingerprint density at radius 1 is 1.47 bits per heavy atom. The zero-order valence-electron chi connectivity index (χ0n) is 10.9. The Balaban J connectivity index is 2.70. The first kappa shape index (κ1) is 13.8. The molecule has 0 aliphatic heterocycles. The van der Waals surface area contributed by atoms with E-state index in [1.54, 1.807) is 31.5 Å². The number of likely N-dealkylation sites (N-methyl/N-ethyl adjacent to an activating group) is 1. The highest BCUT2D eigenvalue weighted by atomic mass is 35.5. The van der Waals surface area contributed by atoms with Gasteiger partial charge in [-0.3, -0.25) is 4.79 Å². The number of rotatable bonds is 3. The summed E-state index contributed by atoms with van der Waals surface area (Å²) in [6, 6.07) is 3.78. The van der Waals surface area contributed by atoms with Crippen LogP contribution in [0.3, 0.4) is 0 Å². The predicted molar refractivity (Wildman–Crippen MR) is 72.7 cm³/mol. The van der Waals surface area contributed by atoms with Gasteiger partial charge in [0.1, 0.15) is 17.7 Å². The van der Waals surface area contributed by atoms with Crippen LogP contribution in [0.5, 0.6) is 0 Å². The van der Waals surface area contributed by atoms with Crippen LogP contribution in [-0.2, 0) is 4.79 Å². The smallest absolute Gasteiger partial charge is 0.242 e. The van der Waals surface area contributed by atoms with Crippen LogP contribution in [0.1, 0.15) is 31.1 Å². The lowest BCUT2D eigenvalue weighted by atomic mass is 10.2. The molecule has 102 valence electrons. The minimum atomic E-state index is -0.506. The first-order valence-corrected chi connectivity index (χ1v) is 6.42. The maximum Gasteiger partial charge on any atom is 0.242 e. The molecule has 2 unspecified atom stereocenters. The SMILES string of the molecule is CNC(=O)C(C)n1c(C(C)Cl)nc2ccc(F)cc21. The molecule has 1 aromatic heterocycles. The lowest BCUT2D eigenvalue weighted by Gasteiger charge is -2.17. The summed E-state index contributed by atoms with van der Waals surface area (Å²) < 4.78 is 15.1. The topological polar surface area (TPSA) is 46.9 Å². The molecule has 6 heteroatoms. The van der Waals surface area contributed by atoms with Gasteiger partial charge in [-0.2, -0.15) is 0 Å². The van der Waals surface area contributed by atoms with Gasteiger partial charge >= 0.3 is 0 Å². The molecule has 2 atom stereocenters. The first-order chi connectivity index (χ1) is 8.95. The third-order valence-electron chi connectivity index (χ3n) is 3.05. The van der Waals surface area contributed by atoms with Crippen LogP contribution in [0.25, 0.3) is 11.0 Å².